The lowest BCUT2D eigenvalue weighted by Gasteiger charge is -2.24. The van der Waals surface area contributed by atoms with Crippen LogP contribution in [0.1, 0.15) is 11.1 Å². The number of aryl methyl sites for hydroxylation is 1. The van der Waals surface area contributed by atoms with Gasteiger partial charge in [0.05, 0.1) is 23.6 Å². The van der Waals surface area contributed by atoms with Crippen LogP contribution in [0.5, 0.6) is 11.5 Å². The number of nitrogens with zero attached hydrogens (tertiary/aromatic N) is 3. The van der Waals surface area contributed by atoms with E-state index in [9.17, 15) is 8.42 Å². The van der Waals surface area contributed by atoms with Crippen molar-refractivity contribution in [1.29, 1.82) is 0 Å². The molecule has 5 rings (SSSR count). The van der Waals surface area contributed by atoms with Gasteiger partial charge in [-0.1, -0.05) is 30.0 Å². The van der Waals surface area contributed by atoms with E-state index >= 15 is 0 Å². The van der Waals surface area contributed by atoms with Gasteiger partial charge < -0.3 is 10.1 Å². The number of ether oxygens (including phenoxy) is 1. The van der Waals surface area contributed by atoms with E-state index in [1.165, 1.54) is 0 Å². The third-order valence-corrected chi connectivity index (χ3v) is 7.63. The molecule has 2 heterocycles. The molecular formula is C28H26N4O3S. The fourth-order valence-corrected chi connectivity index (χ4v) is 5.27. The summed E-state index contributed by atoms with van der Waals surface area (Å²) in [6.45, 7) is 3.62. The van der Waals surface area contributed by atoms with Gasteiger partial charge in [0.1, 0.15) is 23.6 Å². The van der Waals surface area contributed by atoms with E-state index in [0.29, 0.717) is 25.5 Å². The molecule has 3 aromatic carbocycles. The lowest BCUT2D eigenvalue weighted by molar-refractivity contribution is 0.332. The minimum absolute atomic E-state index is 0.204. The van der Waals surface area contributed by atoms with Crippen LogP contribution >= 0.6 is 0 Å². The monoisotopic (exact) mass is 498 g/mol. The van der Waals surface area contributed by atoms with Gasteiger partial charge in [-0.3, -0.25) is 4.90 Å². The van der Waals surface area contributed by atoms with Crippen molar-refractivity contribution in [3.63, 3.8) is 0 Å². The number of benzene rings is 3. The van der Waals surface area contributed by atoms with E-state index < -0.39 is 9.84 Å². The summed E-state index contributed by atoms with van der Waals surface area (Å²) in [5, 5.41) is 4.27. The number of para-hydroxylation sites is 1. The highest BCUT2D eigenvalue weighted by Crippen LogP contribution is 2.29. The van der Waals surface area contributed by atoms with Gasteiger partial charge in [0.25, 0.3) is 0 Å². The van der Waals surface area contributed by atoms with Crippen molar-refractivity contribution in [1.82, 2.24) is 14.9 Å². The lowest BCUT2D eigenvalue weighted by atomic mass is 10.1. The molecule has 4 aromatic rings. The molecule has 1 fully saturated rings. The van der Waals surface area contributed by atoms with Crippen LogP contribution in [0.15, 0.2) is 73.1 Å². The first-order chi connectivity index (χ1) is 17.4. The van der Waals surface area contributed by atoms with Gasteiger partial charge in [0, 0.05) is 29.7 Å². The van der Waals surface area contributed by atoms with Crippen LogP contribution in [0.2, 0.25) is 0 Å². The number of rotatable bonds is 5. The van der Waals surface area contributed by atoms with Crippen LogP contribution in [-0.4, -0.2) is 54.4 Å². The van der Waals surface area contributed by atoms with Crippen LogP contribution in [-0.2, 0) is 9.84 Å². The number of sulfone groups is 1. The highest BCUT2D eigenvalue weighted by molar-refractivity contribution is 7.91. The van der Waals surface area contributed by atoms with Gasteiger partial charge in [-0.2, -0.15) is 0 Å². The summed E-state index contributed by atoms with van der Waals surface area (Å²) in [5.41, 5.74) is 3.57. The first kappa shape index (κ1) is 23.8. The Morgan fingerprint density at radius 1 is 1.00 bits per heavy atom. The first-order valence-electron chi connectivity index (χ1n) is 11.7. The highest BCUT2D eigenvalue weighted by Gasteiger charge is 2.20. The maximum absolute atomic E-state index is 11.6. The number of hydrogen-bond donors (Lipinski definition) is 1. The quantitative estimate of drug-likeness (QED) is 0.404. The summed E-state index contributed by atoms with van der Waals surface area (Å²) in [4.78, 5) is 10.9. The molecule has 36 heavy (non-hydrogen) atoms. The molecular weight excluding hydrogens is 472 g/mol. The second-order valence-corrected chi connectivity index (χ2v) is 11.0. The van der Waals surface area contributed by atoms with E-state index in [2.05, 4.69) is 32.0 Å². The standard InChI is InChI=1S/C28H26N4O3S/c1-21-18-23(10-12-27(21)35-24-7-3-2-4-8-24)31-28-25-19-22(9-11-26(25)29-20-30-28)6-5-13-32-14-16-36(33,34)17-15-32/h2-4,7-12,18-20H,13-17H2,1H3,(H,29,30,31). The predicted octanol–water partition coefficient (Wildman–Crippen LogP) is 4.56. The zero-order valence-corrected chi connectivity index (χ0v) is 20.8. The molecule has 0 radical (unpaired) electrons. The highest BCUT2D eigenvalue weighted by atomic mass is 32.2. The molecule has 0 bridgehead atoms. The molecule has 1 aliphatic heterocycles. The smallest absolute Gasteiger partial charge is 0.152 e. The fraction of sp³-hybridized carbons (Fsp3) is 0.214. The number of nitrogens with one attached hydrogen (secondary N) is 1. The Morgan fingerprint density at radius 2 is 1.81 bits per heavy atom. The molecule has 0 saturated carbocycles. The second kappa shape index (κ2) is 10.4. The summed E-state index contributed by atoms with van der Waals surface area (Å²) in [6, 6.07) is 21.5. The molecule has 1 saturated heterocycles. The Hall–Kier alpha value is -3.93. The Kier molecular flexibility index (Phi) is 6.85. The summed E-state index contributed by atoms with van der Waals surface area (Å²) >= 11 is 0. The van der Waals surface area contributed by atoms with Gasteiger partial charge in [-0.15, -0.1) is 0 Å². The van der Waals surface area contributed by atoms with E-state index in [1.54, 1.807) is 6.33 Å². The van der Waals surface area contributed by atoms with Crippen molar-refractivity contribution in [2.45, 2.75) is 6.92 Å². The van der Waals surface area contributed by atoms with E-state index in [0.717, 1.165) is 39.2 Å². The fourth-order valence-electron chi connectivity index (χ4n) is 3.99. The summed E-state index contributed by atoms with van der Waals surface area (Å²) in [5.74, 6) is 9.06. The summed E-state index contributed by atoms with van der Waals surface area (Å²) < 4.78 is 29.2. The normalized spacial score (nSPS) is 15.1. The Labute approximate surface area is 211 Å². The van der Waals surface area contributed by atoms with Crippen LogP contribution in [0.4, 0.5) is 11.5 Å². The van der Waals surface area contributed by atoms with Crippen LogP contribution in [0.3, 0.4) is 0 Å². The maximum atomic E-state index is 11.6. The number of hydrogen-bond acceptors (Lipinski definition) is 7. The summed E-state index contributed by atoms with van der Waals surface area (Å²) in [6.07, 6.45) is 1.54. The second-order valence-electron chi connectivity index (χ2n) is 8.70. The van der Waals surface area contributed by atoms with E-state index in [1.807, 2.05) is 73.7 Å². The van der Waals surface area contributed by atoms with Crippen molar-refractivity contribution in [3.8, 4) is 23.3 Å². The van der Waals surface area contributed by atoms with Crippen molar-refractivity contribution in [2.75, 3.05) is 36.5 Å². The van der Waals surface area contributed by atoms with Gasteiger partial charge >= 0.3 is 0 Å². The van der Waals surface area contributed by atoms with Crippen molar-refractivity contribution >= 4 is 32.2 Å². The van der Waals surface area contributed by atoms with Crippen molar-refractivity contribution < 1.29 is 13.2 Å². The largest absolute Gasteiger partial charge is 0.457 e. The van der Waals surface area contributed by atoms with Crippen molar-refractivity contribution in [2.24, 2.45) is 0 Å². The van der Waals surface area contributed by atoms with Crippen LogP contribution < -0.4 is 10.1 Å². The molecule has 1 aromatic heterocycles. The minimum atomic E-state index is -2.89. The lowest BCUT2D eigenvalue weighted by Crippen LogP contribution is -2.40. The number of anilines is 2. The summed E-state index contributed by atoms with van der Waals surface area (Å²) in [7, 11) is -2.89. The average Bonchev–Trinajstić information content (AvgIpc) is 2.88. The van der Waals surface area contributed by atoms with Gasteiger partial charge in [-0.25, -0.2) is 18.4 Å². The SMILES string of the molecule is Cc1cc(Nc2ncnc3ccc(C#CCN4CCS(=O)(=O)CC4)cc23)ccc1Oc1ccccc1. The zero-order valence-electron chi connectivity index (χ0n) is 19.9. The molecule has 182 valence electrons. The zero-order chi connectivity index (χ0) is 25.0. The number of fused-ring (bicyclic) bond motifs is 1. The molecule has 7 nitrogen and oxygen atoms in total. The topological polar surface area (TPSA) is 84.4 Å². The Bertz CT molecular complexity index is 1550. The molecule has 1 N–H and O–H groups in total. The molecule has 0 spiro atoms. The van der Waals surface area contributed by atoms with E-state index in [4.69, 9.17) is 4.74 Å². The average molecular weight is 499 g/mol. The first-order valence-corrected chi connectivity index (χ1v) is 13.5. The van der Waals surface area contributed by atoms with Crippen LogP contribution in [0, 0.1) is 18.8 Å². The Morgan fingerprint density at radius 3 is 2.58 bits per heavy atom. The predicted molar refractivity (Wildman–Crippen MR) is 142 cm³/mol. The Balaban J connectivity index is 1.32. The van der Waals surface area contributed by atoms with Gasteiger partial charge in [0.2, 0.25) is 0 Å². The maximum Gasteiger partial charge on any atom is 0.152 e. The number of aromatic nitrogens is 2. The van der Waals surface area contributed by atoms with Gasteiger partial charge in [-0.05, 0) is 61.0 Å². The van der Waals surface area contributed by atoms with E-state index in [-0.39, 0.29) is 11.5 Å². The third-order valence-electron chi connectivity index (χ3n) is 6.02. The van der Waals surface area contributed by atoms with Crippen LogP contribution in [0.25, 0.3) is 10.9 Å². The molecule has 0 aliphatic carbocycles. The molecule has 1 aliphatic rings. The van der Waals surface area contributed by atoms with Gasteiger partial charge in [0.15, 0.2) is 9.84 Å². The minimum Gasteiger partial charge on any atom is -0.457 e. The molecule has 8 heteroatoms. The van der Waals surface area contributed by atoms with Crippen molar-refractivity contribution in [3.05, 3.63) is 84.2 Å². The third kappa shape index (κ3) is 5.82. The molecule has 0 unspecified atom stereocenters. The molecule has 0 amide bonds. The molecule has 0 atom stereocenters.